The number of H-pyrrole nitrogens is 1. The Kier molecular flexibility index (Phi) is 5.48. The van der Waals surface area contributed by atoms with E-state index >= 15 is 0 Å². The lowest BCUT2D eigenvalue weighted by atomic mass is 10.00. The van der Waals surface area contributed by atoms with Gasteiger partial charge in [-0.25, -0.2) is 9.18 Å². The molecule has 0 amide bonds. The van der Waals surface area contributed by atoms with Crippen molar-refractivity contribution in [2.45, 2.75) is 20.0 Å². The van der Waals surface area contributed by atoms with Crippen LogP contribution in [0.25, 0.3) is 17.2 Å². The van der Waals surface area contributed by atoms with Crippen molar-refractivity contribution in [1.29, 1.82) is 0 Å². The van der Waals surface area contributed by atoms with E-state index in [1.165, 1.54) is 12.1 Å². The second kappa shape index (κ2) is 8.74. The van der Waals surface area contributed by atoms with Gasteiger partial charge in [0, 0.05) is 6.42 Å². The summed E-state index contributed by atoms with van der Waals surface area (Å²) in [6.45, 7) is 2.49. The highest BCUT2D eigenvalue weighted by Gasteiger charge is 2.25. The average Bonchev–Trinajstić information content (AvgIpc) is 3.35. The molecule has 0 bridgehead atoms. The molecule has 0 fully saturated rings. The molecule has 1 aromatic heterocycles. The fraction of sp³-hybridized carbons (Fsp3) is 0.111. The molecule has 0 spiro atoms. The molecule has 3 aromatic carbocycles. The van der Waals surface area contributed by atoms with E-state index in [0.717, 1.165) is 44.7 Å². The second-order valence-corrected chi connectivity index (χ2v) is 7.91. The number of aromatic amines is 1. The van der Waals surface area contributed by atoms with E-state index < -0.39 is 5.76 Å². The molecule has 1 aliphatic carbocycles. The highest BCUT2D eigenvalue weighted by molar-refractivity contribution is 6.05. The standard InChI is InChI=1S/C27H21FN2O3/c1-17-23(13-18-7-9-19(10-8-18)16-32-21-5-3-2-4-6-21)22-12-11-20(28)14-25(22)24(17)15-26-29-27(31)33-30-26/h2-14H,15-16H2,1H3,(H,29,30,31). The summed E-state index contributed by atoms with van der Waals surface area (Å²) in [6, 6.07) is 22.6. The molecular formula is C27H21FN2O3. The van der Waals surface area contributed by atoms with Gasteiger partial charge in [0.25, 0.3) is 0 Å². The highest BCUT2D eigenvalue weighted by Crippen LogP contribution is 2.43. The Balaban J connectivity index is 1.42. The second-order valence-electron chi connectivity index (χ2n) is 7.91. The van der Waals surface area contributed by atoms with Gasteiger partial charge in [0.2, 0.25) is 0 Å². The molecule has 0 saturated carbocycles. The van der Waals surface area contributed by atoms with Crippen LogP contribution in [0.2, 0.25) is 0 Å². The number of allylic oxidation sites excluding steroid dienone is 3. The third-order valence-electron chi connectivity index (χ3n) is 5.72. The van der Waals surface area contributed by atoms with Crippen molar-refractivity contribution in [2.75, 3.05) is 0 Å². The van der Waals surface area contributed by atoms with Gasteiger partial charge in [-0.2, -0.15) is 0 Å². The smallest absolute Gasteiger partial charge is 0.438 e. The maximum Gasteiger partial charge on any atom is 0.438 e. The molecule has 0 atom stereocenters. The third kappa shape index (κ3) is 4.41. The lowest BCUT2D eigenvalue weighted by molar-refractivity contribution is 0.306. The molecule has 0 unspecified atom stereocenters. The van der Waals surface area contributed by atoms with Crippen LogP contribution in [0.4, 0.5) is 4.39 Å². The molecule has 1 heterocycles. The Morgan fingerprint density at radius 3 is 2.55 bits per heavy atom. The van der Waals surface area contributed by atoms with E-state index in [-0.39, 0.29) is 5.82 Å². The van der Waals surface area contributed by atoms with Crippen LogP contribution in [-0.4, -0.2) is 10.1 Å². The maximum absolute atomic E-state index is 14.1. The summed E-state index contributed by atoms with van der Waals surface area (Å²) in [6.07, 6.45) is 2.44. The molecule has 4 aromatic rings. The Labute approximate surface area is 189 Å². The van der Waals surface area contributed by atoms with E-state index in [4.69, 9.17) is 4.74 Å². The molecule has 0 radical (unpaired) electrons. The number of halogens is 1. The molecule has 164 valence electrons. The number of fused-ring (bicyclic) bond motifs is 1. The summed E-state index contributed by atoms with van der Waals surface area (Å²) in [7, 11) is 0. The van der Waals surface area contributed by atoms with Gasteiger partial charge in [-0.1, -0.05) is 53.7 Å². The normalized spacial score (nSPS) is 14.1. The topological polar surface area (TPSA) is 68.1 Å². The fourth-order valence-corrected chi connectivity index (χ4v) is 4.05. The zero-order valence-electron chi connectivity index (χ0n) is 18.0. The van der Waals surface area contributed by atoms with Gasteiger partial charge >= 0.3 is 5.76 Å². The summed E-state index contributed by atoms with van der Waals surface area (Å²) < 4.78 is 24.5. The van der Waals surface area contributed by atoms with Gasteiger partial charge in [0.05, 0.1) is 0 Å². The predicted molar refractivity (Wildman–Crippen MR) is 125 cm³/mol. The van der Waals surface area contributed by atoms with E-state index in [2.05, 4.69) is 20.7 Å². The number of para-hydroxylation sites is 1. The first-order valence-electron chi connectivity index (χ1n) is 10.6. The third-order valence-corrected chi connectivity index (χ3v) is 5.72. The van der Waals surface area contributed by atoms with E-state index in [0.29, 0.717) is 18.9 Å². The fourth-order valence-electron chi connectivity index (χ4n) is 4.05. The lowest BCUT2D eigenvalue weighted by Crippen LogP contribution is -1.99. The maximum atomic E-state index is 14.1. The lowest BCUT2D eigenvalue weighted by Gasteiger charge is -2.07. The quantitative estimate of drug-likeness (QED) is 0.421. The summed E-state index contributed by atoms with van der Waals surface area (Å²) >= 11 is 0. The number of hydrogen-bond donors (Lipinski definition) is 1. The van der Waals surface area contributed by atoms with E-state index in [9.17, 15) is 9.18 Å². The molecule has 5 rings (SSSR count). The Bertz CT molecular complexity index is 1410. The van der Waals surface area contributed by atoms with Crippen molar-refractivity contribution in [1.82, 2.24) is 10.1 Å². The van der Waals surface area contributed by atoms with Gasteiger partial charge in [0.15, 0.2) is 5.82 Å². The largest absolute Gasteiger partial charge is 0.489 e. The SMILES string of the molecule is CC1=C(Cc2noc(=O)[nH]2)c2cc(F)ccc2C1=Cc1ccc(COc2ccccc2)cc1. The minimum atomic E-state index is -0.604. The Morgan fingerprint density at radius 2 is 1.82 bits per heavy atom. The van der Waals surface area contributed by atoms with Crippen molar-refractivity contribution in [3.8, 4) is 5.75 Å². The number of hydrogen-bond acceptors (Lipinski definition) is 4. The van der Waals surface area contributed by atoms with Gasteiger partial charge < -0.3 is 4.74 Å². The van der Waals surface area contributed by atoms with Gasteiger partial charge in [-0.3, -0.25) is 9.51 Å². The summed E-state index contributed by atoms with van der Waals surface area (Å²) in [4.78, 5) is 13.9. The van der Waals surface area contributed by atoms with Crippen LogP contribution in [0.1, 0.15) is 35.0 Å². The number of nitrogens with zero attached hydrogens (tertiary/aromatic N) is 1. The Hall–Kier alpha value is -4.19. The van der Waals surface area contributed by atoms with Crippen LogP contribution >= 0.6 is 0 Å². The van der Waals surface area contributed by atoms with Gasteiger partial charge in [-0.15, -0.1) is 0 Å². The predicted octanol–water partition coefficient (Wildman–Crippen LogP) is 5.65. The van der Waals surface area contributed by atoms with E-state index in [1.54, 1.807) is 6.07 Å². The molecule has 6 heteroatoms. The minimum Gasteiger partial charge on any atom is -0.489 e. The number of nitrogens with one attached hydrogen (secondary N) is 1. The van der Waals surface area contributed by atoms with Crippen LogP contribution in [0.5, 0.6) is 5.75 Å². The molecule has 33 heavy (non-hydrogen) atoms. The summed E-state index contributed by atoms with van der Waals surface area (Å²) in [5, 5.41) is 3.76. The van der Waals surface area contributed by atoms with Crippen LogP contribution in [0.15, 0.2) is 87.7 Å². The zero-order valence-corrected chi connectivity index (χ0v) is 18.0. The first kappa shape index (κ1) is 20.7. The summed E-state index contributed by atoms with van der Waals surface area (Å²) in [5.41, 5.74) is 6.78. The molecule has 5 nitrogen and oxygen atoms in total. The van der Waals surface area contributed by atoms with Gasteiger partial charge in [-0.05, 0) is 76.2 Å². The van der Waals surface area contributed by atoms with Crippen LogP contribution in [-0.2, 0) is 13.0 Å². The van der Waals surface area contributed by atoms with Crippen LogP contribution < -0.4 is 10.5 Å². The number of rotatable bonds is 6. The highest BCUT2D eigenvalue weighted by atomic mass is 19.1. The molecule has 1 aliphatic rings. The van der Waals surface area contributed by atoms with Crippen LogP contribution in [0, 0.1) is 5.82 Å². The first-order valence-corrected chi connectivity index (χ1v) is 10.6. The van der Waals surface area contributed by atoms with Crippen molar-refractivity contribution in [2.24, 2.45) is 0 Å². The monoisotopic (exact) mass is 440 g/mol. The molecule has 1 N–H and O–H groups in total. The van der Waals surface area contributed by atoms with Crippen molar-refractivity contribution >= 4 is 17.2 Å². The Morgan fingerprint density at radius 1 is 1.03 bits per heavy atom. The van der Waals surface area contributed by atoms with Crippen molar-refractivity contribution in [3.05, 3.63) is 123 Å². The van der Waals surface area contributed by atoms with Crippen molar-refractivity contribution < 1.29 is 13.7 Å². The van der Waals surface area contributed by atoms with Crippen LogP contribution in [0.3, 0.4) is 0 Å². The van der Waals surface area contributed by atoms with E-state index in [1.807, 2.05) is 61.5 Å². The number of aromatic nitrogens is 2. The zero-order chi connectivity index (χ0) is 22.8. The summed E-state index contributed by atoms with van der Waals surface area (Å²) in [5.74, 6) is 0.332. The van der Waals surface area contributed by atoms with Gasteiger partial charge in [0.1, 0.15) is 18.2 Å². The average molecular weight is 440 g/mol. The molecule has 0 aliphatic heterocycles. The molecule has 0 saturated heterocycles. The first-order chi connectivity index (χ1) is 16.1. The number of ether oxygens (including phenoxy) is 1. The minimum absolute atomic E-state index is 0.309. The van der Waals surface area contributed by atoms with Crippen molar-refractivity contribution in [3.63, 3.8) is 0 Å². The number of benzene rings is 3. The molecular weight excluding hydrogens is 419 g/mol.